The lowest BCUT2D eigenvalue weighted by Gasteiger charge is -2.33. The molecule has 4 heteroatoms. The lowest BCUT2D eigenvalue weighted by molar-refractivity contribution is -0.126. The van der Waals surface area contributed by atoms with Crippen LogP contribution in [0.2, 0.25) is 0 Å². The monoisotopic (exact) mass is 283 g/mol. The van der Waals surface area contributed by atoms with Crippen molar-refractivity contribution in [1.82, 2.24) is 15.5 Å². The van der Waals surface area contributed by atoms with Gasteiger partial charge in [0.1, 0.15) is 0 Å². The van der Waals surface area contributed by atoms with E-state index in [2.05, 4.69) is 36.3 Å². The topological polar surface area (TPSA) is 44.4 Å². The van der Waals surface area contributed by atoms with Crippen molar-refractivity contribution in [2.45, 2.75) is 53.0 Å². The molecule has 0 aromatic heterocycles. The number of piperidine rings is 1. The molecule has 0 spiro atoms. The van der Waals surface area contributed by atoms with Crippen molar-refractivity contribution in [3.8, 4) is 0 Å². The first-order valence-electron chi connectivity index (χ1n) is 8.27. The summed E-state index contributed by atoms with van der Waals surface area (Å²) in [7, 11) is 0. The summed E-state index contributed by atoms with van der Waals surface area (Å²) in [6.45, 7) is 13.6. The third kappa shape index (κ3) is 6.23. The molecule has 4 nitrogen and oxygen atoms in total. The fourth-order valence-corrected chi connectivity index (χ4v) is 2.74. The predicted octanol–water partition coefficient (Wildman–Crippen LogP) is 1.86. The van der Waals surface area contributed by atoms with Gasteiger partial charge in [0.05, 0.1) is 6.04 Å². The van der Waals surface area contributed by atoms with Crippen LogP contribution in [0, 0.1) is 11.8 Å². The molecule has 1 amide bonds. The fourth-order valence-electron chi connectivity index (χ4n) is 2.74. The molecule has 1 aliphatic rings. The molecule has 0 bridgehead atoms. The summed E-state index contributed by atoms with van der Waals surface area (Å²) in [5.41, 5.74) is 0. The fraction of sp³-hybridized carbons (Fsp3) is 0.938. The van der Waals surface area contributed by atoms with Crippen LogP contribution in [-0.2, 0) is 4.79 Å². The van der Waals surface area contributed by atoms with Gasteiger partial charge in [0.2, 0.25) is 5.91 Å². The van der Waals surface area contributed by atoms with E-state index in [9.17, 15) is 4.79 Å². The Kier molecular flexibility index (Phi) is 8.15. The maximum absolute atomic E-state index is 12.2. The van der Waals surface area contributed by atoms with Crippen molar-refractivity contribution in [3.63, 3.8) is 0 Å². The maximum atomic E-state index is 12.2. The molecule has 0 aliphatic carbocycles. The second-order valence-electron chi connectivity index (χ2n) is 6.50. The molecule has 1 heterocycles. The van der Waals surface area contributed by atoms with Gasteiger partial charge in [0.15, 0.2) is 0 Å². The Hall–Kier alpha value is -0.610. The molecular formula is C16H33N3O. The van der Waals surface area contributed by atoms with Gasteiger partial charge >= 0.3 is 0 Å². The molecule has 1 rings (SSSR count). The molecule has 1 aliphatic heterocycles. The summed E-state index contributed by atoms with van der Waals surface area (Å²) in [5, 5.41) is 6.47. The van der Waals surface area contributed by atoms with E-state index in [1.165, 1.54) is 12.8 Å². The summed E-state index contributed by atoms with van der Waals surface area (Å²) in [6.07, 6.45) is 3.58. The molecule has 0 radical (unpaired) electrons. The van der Waals surface area contributed by atoms with Crippen LogP contribution in [0.15, 0.2) is 0 Å². The number of rotatable bonds is 8. The van der Waals surface area contributed by atoms with E-state index in [1.54, 1.807) is 0 Å². The highest BCUT2D eigenvalue weighted by molar-refractivity contribution is 5.81. The Bertz CT molecular complexity index is 275. The molecule has 1 saturated heterocycles. The van der Waals surface area contributed by atoms with E-state index in [4.69, 9.17) is 0 Å². The predicted molar refractivity (Wildman–Crippen MR) is 84.8 cm³/mol. The minimum atomic E-state index is -0.0106. The first kappa shape index (κ1) is 17.4. The van der Waals surface area contributed by atoms with Crippen LogP contribution in [0.3, 0.4) is 0 Å². The first-order valence-corrected chi connectivity index (χ1v) is 8.27. The van der Waals surface area contributed by atoms with Gasteiger partial charge in [-0.05, 0) is 57.7 Å². The number of nitrogens with one attached hydrogen (secondary N) is 2. The van der Waals surface area contributed by atoms with Crippen LogP contribution in [0.25, 0.3) is 0 Å². The average Bonchev–Trinajstić information content (AvgIpc) is 2.44. The van der Waals surface area contributed by atoms with Crippen molar-refractivity contribution in [2.75, 3.05) is 32.7 Å². The van der Waals surface area contributed by atoms with Gasteiger partial charge in [-0.1, -0.05) is 20.8 Å². The van der Waals surface area contributed by atoms with E-state index in [-0.39, 0.29) is 11.9 Å². The highest BCUT2D eigenvalue weighted by Crippen LogP contribution is 2.15. The van der Waals surface area contributed by atoms with E-state index < -0.39 is 0 Å². The third-order valence-corrected chi connectivity index (χ3v) is 4.07. The standard InChI is InChI=1S/C16H33N3O/c1-5-10-19(12-15-6-8-17-9-7-15)14(4)16(20)18-11-13(2)3/h13-15,17H,5-12H2,1-4H3,(H,18,20). The number of hydrogen-bond donors (Lipinski definition) is 2. The van der Waals surface area contributed by atoms with Gasteiger partial charge in [-0.3, -0.25) is 9.69 Å². The zero-order chi connectivity index (χ0) is 15.0. The first-order chi connectivity index (χ1) is 9.54. The Labute approximate surface area is 124 Å². The zero-order valence-electron chi connectivity index (χ0n) is 13.7. The Morgan fingerprint density at radius 3 is 2.50 bits per heavy atom. The van der Waals surface area contributed by atoms with Gasteiger partial charge in [-0.15, -0.1) is 0 Å². The van der Waals surface area contributed by atoms with Gasteiger partial charge in [-0.25, -0.2) is 0 Å². The molecule has 0 aromatic rings. The number of carbonyl (C=O) groups is 1. The maximum Gasteiger partial charge on any atom is 0.237 e. The minimum Gasteiger partial charge on any atom is -0.354 e. The largest absolute Gasteiger partial charge is 0.354 e. The molecule has 118 valence electrons. The normalized spacial score (nSPS) is 18.5. The van der Waals surface area contributed by atoms with Crippen LogP contribution < -0.4 is 10.6 Å². The molecule has 1 atom stereocenters. The van der Waals surface area contributed by atoms with E-state index >= 15 is 0 Å². The van der Waals surface area contributed by atoms with Crippen LogP contribution in [0.4, 0.5) is 0 Å². The number of amides is 1. The smallest absolute Gasteiger partial charge is 0.237 e. The average molecular weight is 283 g/mol. The zero-order valence-corrected chi connectivity index (χ0v) is 13.7. The lowest BCUT2D eigenvalue weighted by atomic mass is 9.96. The molecular weight excluding hydrogens is 250 g/mol. The molecule has 20 heavy (non-hydrogen) atoms. The Morgan fingerprint density at radius 1 is 1.30 bits per heavy atom. The van der Waals surface area contributed by atoms with Gasteiger partial charge in [-0.2, -0.15) is 0 Å². The molecule has 0 aromatic carbocycles. The molecule has 0 saturated carbocycles. The minimum absolute atomic E-state index is 0.0106. The van der Waals surface area contributed by atoms with Crippen LogP contribution in [0.5, 0.6) is 0 Å². The van der Waals surface area contributed by atoms with Gasteiger partial charge in [0, 0.05) is 13.1 Å². The van der Waals surface area contributed by atoms with Crippen molar-refractivity contribution in [3.05, 3.63) is 0 Å². The van der Waals surface area contributed by atoms with E-state index in [0.29, 0.717) is 5.92 Å². The summed E-state index contributed by atoms with van der Waals surface area (Å²) >= 11 is 0. The summed E-state index contributed by atoms with van der Waals surface area (Å²) in [4.78, 5) is 14.6. The summed E-state index contributed by atoms with van der Waals surface area (Å²) in [6, 6.07) is -0.0106. The Morgan fingerprint density at radius 2 is 1.95 bits per heavy atom. The molecule has 1 unspecified atom stereocenters. The van der Waals surface area contributed by atoms with Gasteiger partial charge in [0.25, 0.3) is 0 Å². The van der Waals surface area contributed by atoms with E-state index in [1.807, 2.05) is 6.92 Å². The van der Waals surface area contributed by atoms with Gasteiger partial charge < -0.3 is 10.6 Å². The van der Waals surface area contributed by atoms with Crippen molar-refractivity contribution in [2.24, 2.45) is 11.8 Å². The Balaban J connectivity index is 2.47. The third-order valence-electron chi connectivity index (χ3n) is 4.07. The van der Waals surface area contributed by atoms with Crippen LogP contribution in [0.1, 0.15) is 47.0 Å². The van der Waals surface area contributed by atoms with E-state index in [0.717, 1.165) is 45.1 Å². The van der Waals surface area contributed by atoms with Crippen LogP contribution >= 0.6 is 0 Å². The second kappa shape index (κ2) is 9.35. The quantitative estimate of drug-likeness (QED) is 0.714. The number of nitrogens with zero attached hydrogens (tertiary/aromatic N) is 1. The van der Waals surface area contributed by atoms with Crippen LogP contribution in [-0.4, -0.2) is 49.6 Å². The highest BCUT2D eigenvalue weighted by Gasteiger charge is 2.24. The molecule has 1 fully saturated rings. The highest BCUT2D eigenvalue weighted by atomic mass is 16.2. The SMILES string of the molecule is CCCN(CC1CCNCC1)C(C)C(=O)NCC(C)C. The summed E-state index contributed by atoms with van der Waals surface area (Å²) < 4.78 is 0. The van der Waals surface area contributed by atoms with Crippen molar-refractivity contribution < 1.29 is 4.79 Å². The van der Waals surface area contributed by atoms with Crippen molar-refractivity contribution in [1.29, 1.82) is 0 Å². The number of carbonyl (C=O) groups excluding carboxylic acids is 1. The molecule has 2 N–H and O–H groups in total. The lowest BCUT2D eigenvalue weighted by Crippen LogP contribution is -2.48. The summed E-state index contributed by atoms with van der Waals surface area (Å²) in [5.74, 6) is 1.43. The van der Waals surface area contributed by atoms with Crippen molar-refractivity contribution >= 4 is 5.91 Å². The second-order valence-corrected chi connectivity index (χ2v) is 6.50. The number of hydrogen-bond acceptors (Lipinski definition) is 3.